The molecule has 0 saturated carbocycles. The van der Waals surface area contributed by atoms with Gasteiger partial charge >= 0.3 is 0 Å². The van der Waals surface area contributed by atoms with Crippen molar-refractivity contribution in [3.05, 3.63) is 29.1 Å². The lowest BCUT2D eigenvalue weighted by molar-refractivity contribution is 0.0880. The van der Waals surface area contributed by atoms with E-state index in [0.29, 0.717) is 5.92 Å². The lowest BCUT2D eigenvalue weighted by atomic mass is 10.0. The molecule has 15 heavy (non-hydrogen) atoms. The van der Waals surface area contributed by atoms with Gasteiger partial charge in [0, 0.05) is 18.4 Å². The Morgan fingerprint density at radius 3 is 3.00 bits per heavy atom. The van der Waals surface area contributed by atoms with E-state index in [1.807, 2.05) is 7.98 Å². The van der Waals surface area contributed by atoms with Gasteiger partial charge in [0.05, 0.1) is 5.56 Å². The minimum atomic E-state index is 0.0913. The van der Waals surface area contributed by atoms with Crippen molar-refractivity contribution in [1.82, 2.24) is 9.79 Å². The highest BCUT2D eigenvalue weighted by atomic mass is 16.2. The third-order valence-electron chi connectivity index (χ3n) is 2.65. The Bertz CT molecular complexity index is 404. The van der Waals surface area contributed by atoms with Gasteiger partial charge in [-0.15, -0.1) is 0 Å². The Hall–Kier alpha value is -1.32. The van der Waals surface area contributed by atoms with Gasteiger partial charge in [-0.3, -0.25) is 9.78 Å². The van der Waals surface area contributed by atoms with Crippen LogP contribution in [0.4, 0.5) is 0 Å². The Morgan fingerprint density at radius 2 is 2.33 bits per heavy atom. The Balaban J connectivity index is 2.29. The van der Waals surface area contributed by atoms with Gasteiger partial charge in [0.25, 0.3) is 0 Å². The van der Waals surface area contributed by atoms with Gasteiger partial charge < -0.3 is 4.81 Å². The molecule has 0 bridgehead atoms. The molecule has 1 aliphatic heterocycles. The molecule has 2 rings (SSSR count). The van der Waals surface area contributed by atoms with E-state index in [2.05, 4.69) is 24.9 Å². The smallest absolute Gasteiger partial charge is 0.243 e. The van der Waals surface area contributed by atoms with Crippen molar-refractivity contribution in [3.8, 4) is 0 Å². The molecule has 0 unspecified atom stereocenters. The molecule has 1 aromatic rings. The van der Waals surface area contributed by atoms with Crippen molar-refractivity contribution in [2.24, 2.45) is 5.92 Å². The molecular weight excluding hydrogens is 187 g/mol. The lowest BCUT2D eigenvalue weighted by Gasteiger charge is -2.05. The Morgan fingerprint density at radius 1 is 1.60 bits per heavy atom. The highest BCUT2D eigenvalue weighted by Gasteiger charge is 2.24. The summed E-state index contributed by atoms with van der Waals surface area (Å²) < 4.78 is 0. The van der Waals surface area contributed by atoms with Crippen LogP contribution >= 0.6 is 0 Å². The van der Waals surface area contributed by atoms with E-state index in [4.69, 9.17) is 0 Å². The van der Waals surface area contributed by atoms with Crippen molar-refractivity contribution in [2.45, 2.75) is 26.8 Å². The second-order valence-electron chi connectivity index (χ2n) is 4.59. The van der Waals surface area contributed by atoms with Gasteiger partial charge in [-0.1, -0.05) is 13.8 Å². The summed E-state index contributed by atoms with van der Waals surface area (Å²) in [5.74, 6) is 0.694. The van der Waals surface area contributed by atoms with Gasteiger partial charge in [-0.05, 0) is 24.0 Å². The predicted octanol–water partition coefficient (Wildman–Crippen LogP) is 0.784. The minimum absolute atomic E-state index is 0.0913. The fourth-order valence-corrected chi connectivity index (χ4v) is 1.93. The summed E-state index contributed by atoms with van der Waals surface area (Å²) in [7, 11) is 1.82. The standard InChI is InChI=1S/C11H15BN2O/c1-7(2)3-9-4-8-6-14(12)11(15)10(8)5-13-9/h4-5,7H,3,6,12H2,1-2H3. The van der Waals surface area contributed by atoms with Crippen LogP contribution in [0, 0.1) is 5.92 Å². The summed E-state index contributed by atoms with van der Waals surface area (Å²) >= 11 is 0. The zero-order chi connectivity index (χ0) is 11.0. The van der Waals surface area contributed by atoms with Gasteiger partial charge in [-0.2, -0.15) is 0 Å². The first-order chi connectivity index (χ1) is 7.08. The number of carbonyl (C=O) groups excluding carboxylic acids is 1. The molecule has 1 aromatic heterocycles. The highest BCUT2D eigenvalue weighted by Crippen LogP contribution is 2.21. The lowest BCUT2D eigenvalue weighted by Crippen LogP contribution is -2.19. The van der Waals surface area contributed by atoms with Crippen LogP contribution < -0.4 is 0 Å². The van der Waals surface area contributed by atoms with Crippen molar-refractivity contribution >= 4 is 13.9 Å². The number of pyridine rings is 1. The predicted molar refractivity (Wildman–Crippen MR) is 61.2 cm³/mol. The molecule has 1 aliphatic rings. The summed E-state index contributed by atoms with van der Waals surface area (Å²) in [6.07, 6.45) is 2.70. The van der Waals surface area contributed by atoms with Crippen molar-refractivity contribution in [3.63, 3.8) is 0 Å². The molecule has 0 aliphatic carbocycles. The average Bonchev–Trinajstić information content (AvgIpc) is 2.41. The van der Waals surface area contributed by atoms with E-state index in [-0.39, 0.29) is 5.91 Å². The fraction of sp³-hybridized carbons (Fsp3) is 0.455. The molecule has 0 atom stereocenters. The molecule has 2 heterocycles. The van der Waals surface area contributed by atoms with E-state index in [9.17, 15) is 4.79 Å². The zero-order valence-corrected chi connectivity index (χ0v) is 9.45. The number of hydrogen-bond donors (Lipinski definition) is 0. The first-order valence-electron chi connectivity index (χ1n) is 5.31. The molecule has 0 saturated heterocycles. The number of aromatic nitrogens is 1. The number of hydrogen-bond acceptors (Lipinski definition) is 2. The third kappa shape index (κ3) is 1.89. The van der Waals surface area contributed by atoms with Gasteiger partial charge in [0.1, 0.15) is 0 Å². The highest BCUT2D eigenvalue weighted by molar-refractivity contribution is 6.19. The summed E-state index contributed by atoms with van der Waals surface area (Å²) in [6, 6.07) is 2.07. The number of nitrogens with zero attached hydrogens (tertiary/aromatic N) is 2. The molecule has 0 aromatic carbocycles. The summed E-state index contributed by atoms with van der Waals surface area (Å²) in [5.41, 5.74) is 2.98. The molecule has 0 fully saturated rings. The molecule has 78 valence electrons. The SMILES string of the molecule is BN1Cc2cc(CC(C)C)ncc2C1=O. The van der Waals surface area contributed by atoms with Crippen LogP contribution in [-0.2, 0) is 13.0 Å². The molecule has 1 amide bonds. The van der Waals surface area contributed by atoms with Crippen LogP contribution in [-0.4, -0.2) is 23.7 Å². The maximum atomic E-state index is 11.6. The van der Waals surface area contributed by atoms with Crippen LogP contribution in [0.2, 0.25) is 0 Å². The second kappa shape index (κ2) is 3.68. The van der Waals surface area contributed by atoms with Crippen LogP contribution in [0.15, 0.2) is 12.3 Å². The van der Waals surface area contributed by atoms with E-state index >= 15 is 0 Å². The third-order valence-corrected chi connectivity index (χ3v) is 2.65. The van der Waals surface area contributed by atoms with E-state index in [0.717, 1.165) is 29.8 Å². The number of carbonyl (C=O) groups is 1. The quantitative estimate of drug-likeness (QED) is 0.664. The molecule has 0 spiro atoms. The van der Waals surface area contributed by atoms with Gasteiger partial charge in [-0.25, -0.2) is 0 Å². The number of rotatable bonds is 2. The summed E-state index contributed by atoms with van der Waals surface area (Å²) in [6.45, 7) is 5.07. The molecule has 3 nitrogen and oxygen atoms in total. The maximum absolute atomic E-state index is 11.6. The summed E-state index contributed by atoms with van der Waals surface area (Å²) in [5, 5.41) is 0. The normalized spacial score (nSPS) is 14.9. The minimum Gasteiger partial charge on any atom is -0.386 e. The van der Waals surface area contributed by atoms with Crippen molar-refractivity contribution < 1.29 is 4.79 Å². The monoisotopic (exact) mass is 202 g/mol. The fourth-order valence-electron chi connectivity index (χ4n) is 1.93. The Labute approximate surface area is 90.9 Å². The number of amides is 1. The molecule has 0 N–H and O–H groups in total. The van der Waals surface area contributed by atoms with Gasteiger partial charge in [0.15, 0.2) is 0 Å². The van der Waals surface area contributed by atoms with E-state index < -0.39 is 0 Å². The zero-order valence-electron chi connectivity index (χ0n) is 9.45. The number of fused-ring (bicyclic) bond motifs is 1. The van der Waals surface area contributed by atoms with E-state index in [1.54, 1.807) is 11.0 Å². The molecular formula is C11H15BN2O. The van der Waals surface area contributed by atoms with Crippen molar-refractivity contribution in [2.75, 3.05) is 0 Å². The van der Waals surface area contributed by atoms with Crippen LogP contribution in [0.3, 0.4) is 0 Å². The topological polar surface area (TPSA) is 33.2 Å². The van der Waals surface area contributed by atoms with Gasteiger partial charge in [0.2, 0.25) is 13.9 Å². The first kappa shape index (κ1) is 10.2. The molecule has 0 radical (unpaired) electrons. The largest absolute Gasteiger partial charge is 0.386 e. The second-order valence-corrected chi connectivity index (χ2v) is 4.59. The average molecular weight is 202 g/mol. The summed E-state index contributed by atoms with van der Waals surface area (Å²) in [4.78, 5) is 17.7. The van der Waals surface area contributed by atoms with Crippen LogP contribution in [0.25, 0.3) is 0 Å². The van der Waals surface area contributed by atoms with Crippen LogP contribution in [0.1, 0.15) is 35.5 Å². The van der Waals surface area contributed by atoms with Crippen molar-refractivity contribution in [1.29, 1.82) is 0 Å². The first-order valence-corrected chi connectivity index (χ1v) is 5.31. The Kier molecular flexibility index (Phi) is 2.51. The molecule has 4 heteroatoms. The maximum Gasteiger partial charge on any atom is 0.243 e. The van der Waals surface area contributed by atoms with Crippen LogP contribution in [0.5, 0.6) is 0 Å². The van der Waals surface area contributed by atoms with E-state index in [1.165, 1.54) is 0 Å².